The van der Waals surface area contributed by atoms with Crippen molar-refractivity contribution in [3.05, 3.63) is 44.6 Å². The summed E-state index contributed by atoms with van der Waals surface area (Å²) in [5, 5.41) is 0. The van der Waals surface area contributed by atoms with Crippen LogP contribution in [0.1, 0.15) is 61.8 Å². The molecule has 2 unspecified atom stereocenters. The second-order valence-corrected chi connectivity index (χ2v) is 6.56. The highest BCUT2D eigenvalue weighted by molar-refractivity contribution is 5.55. The van der Waals surface area contributed by atoms with Crippen LogP contribution < -0.4 is 0 Å². The van der Waals surface area contributed by atoms with Crippen molar-refractivity contribution in [2.45, 2.75) is 61.8 Å². The van der Waals surface area contributed by atoms with Crippen LogP contribution in [0.25, 0.3) is 0 Å². The van der Waals surface area contributed by atoms with Crippen LogP contribution in [0.3, 0.4) is 0 Å². The van der Waals surface area contributed by atoms with Gasteiger partial charge in [0.2, 0.25) is 0 Å². The third kappa shape index (κ3) is 2.06. The van der Waals surface area contributed by atoms with Gasteiger partial charge in [-0.3, -0.25) is 0 Å². The minimum atomic E-state index is 0.639. The zero-order valence-electron chi connectivity index (χ0n) is 13.9. The minimum absolute atomic E-state index is 0.639. The Kier molecular flexibility index (Phi) is 3.64. The molecular weight excluding hydrogens is 228 g/mol. The first-order valence-electron chi connectivity index (χ1n) is 7.52. The normalized spacial score (nSPS) is 28.4. The first-order chi connectivity index (χ1) is 8.77. The van der Waals surface area contributed by atoms with Crippen LogP contribution in [0.4, 0.5) is 0 Å². The van der Waals surface area contributed by atoms with Gasteiger partial charge in [-0.2, -0.15) is 0 Å². The summed E-state index contributed by atoms with van der Waals surface area (Å²) < 4.78 is 0. The zero-order valence-corrected chi connectivity index (χ0v) is 13.9. The molecule has 2 aliphatic carbocycles. The largest absolute Gasteiger partial charge is 0.0632 e. The summed E-state index contributed by atoms with van der Waals surface area (Å²) in [6.45, 7) is 18.5. The van der Waals surface area contributed by atoms with Gasteiger partial charge in [0.05, 0.1) is 0 Å². The lowest BCUT2D eigenvalue weighted by atomic mass is 9.93. The third-order valence-corrected chi connectivity index (χ3v) is 5.99. The molecule has 2 rings (SSSR count). The molecule has 0 radical (unpaired) electrons. The van der Waals surface area contributed by atoms with Crippen LogP contribution in [0.2, 0.25) is 0 Å². The average Bonchev–Trinajstić information content (AvgIpc) is 2.68. The van der Waals surface area contributed by atoms with E-state index in [-0.39, 0.29) is 0 Å². The summed E-state index contributed by atoms with van der Waals surface area (Å²) in [6, 6.07) is 0. The van der Waals surface area contributed by atoms with Gasteiger partial charge in [0.25, 0.3) is 0 Å². The standard InChI is InChI=1S/C19H28/c1-10-11(2)15(6)18(14(10)5)9-19-16(7)12(3)13(4)17(19)8/h10,12H,9H2,1-8H3. The number of allylic oxidation sites excluding steroid dienone is 8. The highest BCUT2D eigenvalue weighted by Gasteiger charge is 2.27. The van der Waals surface area contributed by atoms with Crippen molar-refractivity contribution in [2.24, 2.45) is 11.8 Å². The summed E-state index contributed by atoms with van der Waals surface area (Å²) >= 11 is 0. The van der Waals surface area contributed by atoms with Crippen LogP contribution in [-0.4, -0.2) is 0 Å². The number of hydrogen-bond donors (Lipinski definition) is 0. The minimum Gasteiger partial charge on any atom is -0.0632 e. The van der Waals surface area contributed by atoms with E-state index in [0.29, 0.717) is 11.8 Å². The zero-order chi connectivity index (χ0) is 14.5. The van der Waals surface area contributed by atoms with Gasteiger partial charge in [-0.25, -0.2) is 0 Å². The molecule has 19 heavy (non-hydrogen) atoms. The van der Waals surface area contributed by atoms with Gasteiger partial charge in [-0.15, -0.1) is 0 Å². The van der Waals surface area contributed by atoms with E-state index in [1.807, 2.05) is 0 Å². The van der Waals surface area contributed by atoms with Gasteiger partial charge >= 0.3 is 0 Å². The molecule has 0 amide bonds. The first-order valence-corrected chi connectivity index (χ1v) is 7.52. The molecule has 0 saturated carbocycles. The lowest BCUT2D eigenvalue weighted by Gasteiger charge is -2.12. The topological polar surface area (TPSA) is 0 Å². The fourth-order valence-corrected chi connectivity index (χ4v) is 3.61. The van der Waals surface area contributed by atoms with E-state index < -0.39 is 0 Å². The fraction of sp³-hybridized carbons (Fsp3) is 0.579. The molecule has 0 saturated heterocycles. The van der Waals surface area contributed by atoms with Crippen molar-refractivity contribution >= 4 is 0 Å². The predicted octanol–water partition coefficient (Wildman–Crippen LogP) is 5.98. The van der Waals surface area contributed by atoms with Gasteiger partial charge in [0.1, 0.15) is 0 Å². The van der Waals surface area contributed by atoms with E-state index in [1.165, 1.54) is 11.1 Å². The molecule has 2 aliphatic rings. The maximum absolute atomic E-state index is 2.34. The van der Waals surface area contributed by atoms with Crippen molar-refractivity contribution in [3.63, 3.8) is 0 Å². The summed E-state index contributed by atoms with van der Waals surface area (Å²) in [5.74, 6) is 1.28. The van der Waals surface area contributed by atoms with Gasteiger partial charge in [0, 0.05) is 0 Å². The van der Waals surface area contributed by atoms with Crippen LogP contribution in [-0.2, 0) is 0 Å². The molecule has 0 nitrogen and oxygen atoms in total. The summed E-state index contributed by atoms with van der Waals surface area (Å²) in [7, 11) is 0. The van der Waals surface area contributed by atoms with E-state index >= 15 is 0 Å². The molecular formula is C19H28. The Labute approximate surface area is 119 Å². The van der Waals surface area contributed by atoms with E-state index in [1.54, 1.807) is 33.4 Å². The van der Waals surface area contributed by atoms with E-state index in [4.69, 9.17) is 0 Å². The molecule has 0 heterocycles. The smallest absolute Gasteiger partial charge is 0.00151 e. The molecule has 0 heteroatoms. The molecule has 0 bridgehead atoms. The van der Waals surface area contributed by atoms with Crippen LogP contribution in [0.15, 0.2) is 44.6 Å². The Morgan fingerprint density at radius 3 is 1.11 bits per heavy atom. The molecule has 2 atom stereocenters. The molecule has 0 spiro atoms. The maximum atomic E-state index is 2.34. The lowest BCUT2D eigenvalue weighted by molar-refractivity contribution is 0.808. The summed E-state index contributed by atoms with van der Waals surface area (Å²) in [6.07, 6.45) is 1.14. The number of rotatable bonds is 2. The third-order valence-electron chi connectivity index (χ3n) is 5.99. The summed E-state index contributed by atoms with van der Waals surface area (Å²) in [5.41, 5.74) is 12.6. The van der Waals surface area contributed by atoms with E-state index in [9.17, 15) is 0 Å². The molecule has 0 fully saturated rings. The van der Waals surface area contributed by atoms with Crippen molar-refractivity contribution in [2.75, 3.05) is 0 Å². The molecule has 0 aliphatic heterocycles. The van der Waals surface area contributed by atoms with E-state index in [2.05, 4.69) is 55.4 Å². The quantitative estimate of drug-likeness (QED) is 0.570. The first kappa shape index (κ1) is 14.4. The SMILES string of the molecule is CC1=C(C)C(C)C(C)=C1CC1=C(C)C(C)C(C)=C1C. The van der Waals surface area contributed by atoms with Crippen molar-refractivity contribution in [1.82, 2.24) is 0 Å². The van der Waals surface area contributed by atoms with Crippen LogP contribution >= 0.6 is 0 Å². The average molecular weight is 256 g/mol. The van der Waals surface area contributed by atoms with Crippen LogP contribution in [0, 0.1) is 11.8 Å². The van der Waals surface area contributed by atoms with Gasteiger partial charge in [-0.1, -0.05) is 36.1 Å². The van der Waals surface area contributed by atoms with Gasteiger partial charge in [-0.05, 0) is 82.1 Å². The fourth-order valence-electron chi connectivity index (χ4n) is 3.61. The Bertz CT molecular complexity index is 497. The van der Waals surface area contributed by atoms with Crippen LogP contribution in [0.5, 0.6) is 0 Å². The molecule has 104 valence electrons. The second kappa shape index (κ2) is 4.81. The monoisotopic (exact) mass is 256 g/mol. The van der Waals surface area contributed by atoms with Crippen molar-refractivity contribution in [3.8, 4) is 0 Å². The molecule has 0 aromatic rings. The molecule has 0 aromatic carbocycles. The number of hydrogen-bond acceptors (Lipinski definition) is 0. The molecule has 0 N–H and O–H groups in total. The maximum Gasteiger partial charge on any atom is -0.00151 e. The van der Waals surface area contributed by atoms with Crippen molar-refractivity contribution in [1.29, 1.82) is 0 Å². The Morgan fingerprint density at radius 2 is 0.895 bits per heavy atom. The Morgan fingerprint density at radius 1 is 0.579 bits per heavy atom. The van der Waals surface area contributed by atoms with Gasteiger partial charge in [0.15, 0.2) is 0 Å². The predicted molar refractivity (Wildman–Crippen MR) is 85.1 cm³/mol. The second-order valence-electron chi connectivity index (χ2n) is 6.56. The van der Waals surface area contributed by atoms with Crippen molar-refractivity contribution < 1.29 is 0 Å². The van der Waals surface area contributed by atoms with E-state index in [0.717, 1.165) is 6.42 Å². The lowest BCUT2D eigenvalue weighted by Crippen LogP contribution is -1.95. The molecule has 0 aromatic heterocycles. The Hall–Kier alpha value is -1.04. The highest BCUT2D eigenvalue weighted by Crippen LogP contribution is 2.44. The Balaban J connectivity index is 2.39. The van der Waals surface area contributed by atoms with Gasteiger partial charge < -0.3 is 0 Å². The summed E-state index contributed by atoms with van der Waals surface area (Å²) in [4.78, 5) is 0. The highest BCUT2D eigenvalue weighted by atomic mass is 14.3.